The molecule has 0 spiro atoms. The Balaban J connectivity index is 1.47. The normalized spacial score (nSPS) is 16.5. The lowest BCUT2D eigenvalue weighted by atomic mass is 10.1. The molecule has 0 aliphatic carbocycles. The van der Waals surface area contributed by atoms with E-state index >= 15 is 0 Å². The van der Waals surface area contributed by atoms with Crippen LogP contribution < -0.4 is 15.0 Å². The average molecular weight is 384 g/mol. The molecule has 0 radical (unpaired) electrons. The van der Waals surface area contributed by atoms with E-state index < -0.39 is 0 Å². The molecule has 1 aromatic carbocycles. The van der Waals surface area contributed by atoms with Crippen molar-refractivity contribution < 1.29 is 14.3 Å². The van der Waals surface area contributed by atoms with Crippen molar-refractivity contribution in [1.82, 2.24) is 15.1 Å². The Kier molecular flexibility index (Phi) is 6.34. The molecule has 1 saturated heterocycles. The van der Waals surface area contributed by atoms with Crippen LogP contribution in [0.5, 0.6) is 5.75 Å². The fourth-order valence-electron chi connectivity index (χ4n) is 3.51. The summed E-state index contributed by atoms with van der Waals surface area (Å²) in [5, 5.41) is 7.38. The Morgan fingerprint density at radius 3 is 2.68 bits per heavy atom. The number of benzene rings is 1. The van der Waals surface area contributed by atoms with E-state index in [9.17, 15) is 9.59 Å². The lowest BCUT2D eigenvalue weighted by molar-refractivity contribution is -0.126. The van der Waals surface area contributed by atoms with Crippen LogP contribution in [0.4, 0.5) is 5.69 Å². The van der Waals surface area contributed by atoms with Crippen LogP contribution in [0.15, 0.2) is 30.3 Å². The summed E-state index contributed by atoms with van der Waals surface area (Å²) in [6, 6.07) is 9.45. The third-order valence-electron chi connectivity index (χ3n) is 4.90. The Hall–Kier alpha value is -2.83. The molecule has 2 aromatic rings. The first-order valence-corrected chi connectivity index (χ1v) is 9.80. The maximum Gasteiger partial charge on any atom is 0.227 e. The monoisotopic (exact) mass is 384 g/mol. The smallest absolute Gasteiger partial charge is 0.227 e. The molecule has 1 atom stereocenters. The summed E-state index contributed by atoms with van der Waals surface area (Å²) >= 11 is 0. The zero-order chi connectivity index (χ0) is 20.1. The third kappa shape index (κ3) is 4.71. The minimum absolute atomic E-state index is 0.0213. The molecule has 2 heterocycles. The van der Waals surface area contributed by atoms with Gasteiger partial charge < -0.3 is 15.0 Å². The van der Waals surface area contributed by atoms with Gasteiger partial charge in [0, 0.05) is 37.4 Å². The van der Waals surface area contributed by atoms with Crippen LogP contribution in [-0.2, 0) is 16.1 Å². The minimum Gasteiger partial charge on any atom is -0.494 e. The number of rotatable bonds is 8. The first-order valence-electron chi connectivity index (χ1n) is 9.80. The fraction of sp³-hybridized carbons (Fsp3) is 0.476. The summed E-state index contributed by atoms with van der Waals surface area (Å²) in [5.74, 6) is 0.379. The Morgan fingerprint density at radius 1 is 1.29 bits per heavy atom. The Bertz CT molecular complexity index is 829. The van der Waals surface area contributed by atoms with E-state index in [1.165, 1.54) is 0 Å². The molecule has 150 valence electrons. The fourth-order valence-corrected chi connectivity index (χ4v) is 3.51. The van der Waals surface area contributed by atoms with E-state index in [0.29, 0.717) is 19.7 Å². The Morgan fingerprint density at radius 2 is 2.04 bits per heavy atom. The second kappa shape index (κ2) is 8.91. The molecule has 2 amide bonds. The van der Waals surface area contributed by atoms with Crippen LogP contribution in [0.25, 0.3) is 0 Å². The number of hydrogen-bond donors (Lipinski definition) is 1. The maximum absolute atomic E-state index is 12.5. The van der Waals surface area contributed by atoms with Gasteiger partial charge in [-0.05, 0) is 57.5 Å². The van der Waals surface area contributed by atoms with Gasteiger partial charge in [0.1, 0.15) is 5.75 Å². The van der Waals surface area contributed by atoms with Crippen LogP contribution in [0.3, 0.4) is 0 Å². The first kappa shape index (κ1) is 19.9. The average Bonchev–Trinajstić information content (AvgIpc) is 3.21. The topological polar surface area (TPSA) is 76.5 Å². The highest BCUT2D eigenvalue weighted by molar-refractivity contribution is 6.00. The van der Waals surface area contributed by atoms with Crippen molar-refractivity contribution in [2.24, 2.45) is 5.92 Å². The van der Waals surface area contributed by atoms with Gasteiger partial charge in [-0.25, -0.2) is 0 Å². The second-order valence-electron chi connectivity index (χ2n) is 7.13. The number of aromatic nitrogens is 2. The van der Waals surface area contributed by atoms with E-state index in [1.807, 2.05) is 55.8 Å². The van der Waals surface area contributed by atoms with Gasteiger partial charge in [-0.15, -0.1) is 0 Å². The molecule has 1 fully saturated rings. The predicted molar refractivity (Wildman–Crippen MR) is 107 cm³/mol. The lowest BCUT2D eigenvalue weighted by Crippen LogP contribution is -2.33. The molecule has 1 aromatic heterocycles. The molecule has 1 N–H and O–H groups in total. The molecular formula is C21H28N4O3. The van der Waals surface area contributed by atoms with Gasteiger partial charge in [0.15, 0.2) is 0 Å². The molecule has 1 aliphatic heterocycles. The summed E-state index contributed by atoms with van der Waals surface area (Å²) in [7, 11) is 0. The van der Waals surface area contributed by atoms with Crippen molar-refractivity contribution in [3.05, 3.63) is 41.7 Å². The number of carbonyl (C=O) groups excluding carboxylic acids is 2. The maximum atomic E-state index is 12.5. The largest absolute Gasteiger partial charge is 0.494 e. The molecule has 7 heteroatoms. The molecule has 3 rings (SSSR count). The van der Waals surface area contributed by atoms with Gasteiger partial charge in [0.25, 0.3) is 0 Å². The summed E-state index contributed by atoms with van der Waals surface area (Å²) < 4.78 is 7.38. The van der Waals surface area contributed by atoms with E-state index in [4.69, 9.17) is 4.74 Å². The molecule has 7 nitrogen and oxygen atoms in total. The van der Waals surface area contributed by atoms with E-state index in [2.05, 4.69) is 10.4 Å². The molecule has 0 bridgehead atoms. The number of ether oxygens (including phenoxy) is 1. The lowest BCUT2D eigenvalue weighted by Gasteiger charge is -2.17. The van der Waals surface area contributed by atoms with Crippen molar-refractivity contribution in [3.63, 3.8) is 0 Å². The summed E-state index contributed by atoms with van der Waals surface area (Å²) in [6.45, 7) is 8.28. The van der Waals surface area contributed by atoms with Crippen molar-refractivity contribution in [3.8, 4) is 5.75 Å². The highest BCUT2D eigenvalue weighted by atomic mass is 16.5. The van der Waals surface area contributed by atoms with Crippen LogP contribution in [0, 0.1) is 19.8 Å². The zero-order valence-electron chi connectivity index (χ0n) is 16.8. The van der Waals surface area contributed by atoms with Crippen LogP contribution >= 0.6 is 0 Å². The number of amides is 2. The molecule has 28 heavy (non-hydrogen) atoms. The highest BCUT2D eigenvalue weighted by Crippen LogP contribution is 2.27. The first-order chi connectivity index (χ1) is 13.5. The van der Waals surface area contributed by atoms with Gasteiger partial charge in [0.2, 0.25) is 11.8 Å². The number of carbonyl (C=O) groups is 2. The van der Waals surface area contributed by atoms with Gasteiger partial charge in [-0.1, -0.05) is 0 Å². The highest BCUT2D eigenvalue weighted by Gasteiger charge is 2.34. The number of nitrogens with one attached hydrogen (secondary N) is 1. The SMILES string of the molecule is CCOc1ccc(N2CC(C(=O)NCCCn3nc(C)cc3C)CC2=O)cc1. The van der Waals surface area contributed by atoms with E-state index in [1.54, 1.807) is 4.90 Å². The molecular weight excluding hydrogens is 356 g/mol. The van der Waals surface area contributed by atoms with Crippen LogP contribution in [-0.4, -0.2) is 41.3 Å². The number of nitrogens with zero attached hydrogens (tertiary/aromatic N) is 3. The minimum atomic E-state index is -0.312. The third-order valence-corrected chi connectivity index (χ3v) is 4.90. The van der Waals surface area contributed by atoms with E-state index in [0.717, 1.165) is 35.8 Å². The number of hydrogen-bond acceptors (Lipinski definition) is 4. The summed E-state index contributed by atoms with van der Waals surface area (Å²) in [5.41, 5.74) is 2.92. The van der Waals surface area contributed by atoms with Gasteiger partial charge in [0.05, 0.1) is 18.2 Å². The van der Waals surface area contributed by atoms with Gasteiger partial charge in [-0.3, -0.25) is 14.3 Å². The van der Waals surface area contributed by atoms with Gasteiger partial charge in [-0.2, -0.15) is 5.10 Å². The summed E-state index contributed by atoms with van der Waals surface area (Å²) in [4.78, 5) is 26.5. The number of anilines is 1. The van der Waals surface area contributed by atoms with Crippen molar-refractivity contribution in [1.29, 1.82) is 0 Å². The molecule has 1 aliphatic rings. The number of aryl methyl sites for hydroxylation is 3. The van der Waals surface area contributed by atoms with Crippen molar-refractivity contribution in [2.45, 2.75) is 40.2 Å². The second-order valence-corrected chi connectivity index (χ2v) is 7.13. The standard InChI is InChI=1S/C21H28N4O3/c1-4-28-19-8-6-18(7-9-19)24-14-17(13-20(24)26)21(27)22-10-5-11-25-16(3)12-15(2)23-25/h6-9,12,17H,4-5,10-11,13-14H2,1-3H3,(H,22,27). The summed E-state index contributed by atoms with van der Waals surface area (Å²) in [6.07, 6.45) is 1.05. The van der Waals surface area contributed by atoms with Crippen molar-refractivity contribution in [2.75, 3.05) is 24.6 Å². The Labute approximate surface area is 165 Å². The van der Waals surface area contributed by atoms with Gasteiger partial charge >= 0.3 is 0 Å². The quantitative estimate of drug-likeness (QED) is 0.710. The predicted octanol–water partition coefficient (Wildman–Crippen LogP) is 2.46. The zero-order valence-corrected chi connectivity index (χ0v) is 16.8. The van der Waals surface area contributed by atoms with E-state index in [-0.39, 0.29) is 24.2 Å². The van der Waals surface area contributed by atoms with Crippen LogP contribution in [0.2, 0.25) is 0 Å². The molecule has 0 saturated carbocycles. The van der Waals surface area contributed by atoms with Crippen LogP contribution in [0.1, 0.15) is 31.2 Å². The molecule has 1 unspecified atom stereocenters. The van der Waals surface area contributed by atoms with Crippen molar-refractivity contribution >= 4 is 17.5 Å².